The summed E-state index contributed by atoms with van der Waals surface area (Å²) in [6.07, 6.45) is -0.0697. The standard InChI is InChI=1S/C23H28O6S.CH4O/c1-18(24)29-17-23(2,3)30(26,27)16-21(20-12-8-5-9-13-20)14-22(25)28-15-19-10-6-4-7-11-19;1-2/h4-13,21H,14-17H2,1-3H3;2H,1H3. The number of ether oxygens (including phenoxy) is 2. The van der Waals surface area contributed by atoms with E-state index in [1.54, 1.807) is 24.3 Å². The summed E-state index contributed by atoms with van der Waals surface area (Å²) in [4.78, 5) is 23.6. The third-order valence-corrected chi connectivity index (χ3v) is 7.46. The van der Waals surface area contributed by atoms with Gasteiger partial charge in [0.05, 0.1) is 12.2 Å². The Hall–Kier alpha value is -2.71. The maximum atomic E-state index is 13.1. The number of rotatable bonds is 10. The van der Waals surface area contributed by atoms with E-state index in [4.69, 9.17) is 14.6 Å². The van der Waals surface area contributed by atoms with E-state index < -0.39 is 32.4 Å². The van der Waals surface area contributed by atoms with Gasteiger partial charge in [-0.25, -0.2) is 8.42 Å². The summed E-state index contributed by atoms with van der Waals surface area (Å²) in [6.45, 7) is 4.15. The maximum absolute atomic E-state index is 13.1. The molecule has 2 aromatic rings. The first-order valence-corrected chi connectivity index (χ1v) is 11.8. The lowest BCUT2D eigenvalue weighted by Crippen LogP contribution is -2.40. The summed E-state index contributed by atoms with van der Waals surface area (Å²) in [5.41, 5.74) is 1.60. The molecule has 0 saturated carbocycles. The highest BCUT2D eigenvalue weighted by atomic mass is 32.2. The van der Waals surface area contributed by atoms with Crippen molar-refractivity contribution in [1.29, 1.82) is 0 Å². The monoisotopic (exact) mass is 464 g/mol. The quantitative estimate of drug-likeness (QED) is 0.538. The van der Waals surface area contributed by atoms with Crippen molar-refractivity contribution in [3.8, 4) is 0 Å². The fourth-order valence-corrected chi connectivity index (χ4v) is 4.38. The SMILES string of the molecule is CC(=O)OCC(C)(C)S(=O)(=O)CC(CC(=O)OCc1ccccc1)c1ccccc1.CO. The normalized spacial score (nSPS) is 12.2. The molecule has 1 atom stereocenters. The lowest BCUT2D eigenvalue weighted by atomic mass is 9.98. The van der Waals surface area contributed by atoms with E-state index in [1.165, 1.54) is 20.8 Å². The minimum Gasteiger partial charge on any atom is -0.464 e. The number of sulfone groups is 1. The molecule has 7 nitrogen and oxygen atoms in total. The van der Waals surface area contributed by atoms with E-state index in [9.17, 15) is 18.0 Å². The summed E-state index contributed by atoms with van der Waals surface area (Å²) in [5, 5.41) is 7.00. The Morgan fingerprint density at radius 3 is 2.00 bits per heavy atom. The second-order valence-corrected chi connectivity index (χ2v) is 10.4. The van der Waals surface area contributed by atoms with Gasteiger partial charge in [-0.2, -0.15) is 0 Å². The van der Waals surface area contributed by atoms with Crippen LogP contribution in [-0.4, -0.2) is 49.7 Å². The largest absolute Gasteiger partial charge is 0.464 e. The van der Waals surface area contributed by atoms with Gasteiger partial charge in [-0.3, -0.25) is 9.59 Å². The van der Waals surface area contributed by atoms with E-state index in [0.29, 0.717) is 0 Å². The fourth-order valence-electron chi connectivity index (χ4n) is 2.85. The van der Waals surface area contributed by atoms with E-state index in [0.717, 1.165) is 18.2 Å². The smallest absolute Gasteiger partial charge is 0.306 e. The number of hydrogen-bond donors (Lipinski definition) is 1. The van der Waals surface area contributed by atoms with Gasteiger partial charge in [-0.05, 0) is 25.0 Å². The predicted molar refractivity (Wildman–Crippen MR) is 123 cm³/mol. The van der Waals surface area contributed by atoms with Crippen LogP contribution in [0.2, 0.25) is 0 Å². The van der Waals surface area contributed by atoms with Crippen LogP contribution in [0.5, 0.6) is 0 Å². The summed E-state index contributed by atoms with van der Waals surface area (Å²) in [7, 11) is -2.70. The molecule has 0 aromatic heterocycles. The molecular weight excluding hydrogens is 432 g/mol. The molecule has 0 aliphatic heterocycles. The van der Waals surface area contributed by atoms with Crippen molar-refractivity contribution in [2.75, 3.05) is 19.5 Å². The lowest BCUT2D eigenvalue weighted by Gasteiger charge is -2.27. The van der Waals surface area contributed by atoms with Gasteiger partial charge in [0.2, 0.25) is 0 Å². The molecule has 176 valence electrons. The average Bonchev–Trinajstić information content (AvgIpc) is 2.78. The Morgan fingerprint density at radius 2 is 1.47 bits per heavy atom. The van der Waals surface area contributed by atoms with Crippen LogP contribution in [-0.2, 0) is 35.5 Å². The first-order chi connectivity index (χ1) is 15.1. The van der Waals surface area contributed by atoms with Crippen LogP contribution >= 0.6 is 0 Å². The Labute approximate surface area is 190 Å². The number of aliphatic hydroxyl groups excluding tert-OH is 1. The molecule has 0 bridgehead atoms. The highest BCUT2D eigenvalue weighted by molar-refractivity contribution is 7.92. The number of benzene rings is 2. The van der Waals surface area contributed by atoms with Crippen LogP contribution in [0.15, 0.2) is 60.7 Å². The summed E-state index contributed by atoms with van der Waals surface area (Å²) in [6, 6.07) is 18.3. The van der Waals surface area contributed by atoms with Crippen molar-refractivity contribution in [3.63, 3.8) is 0 Å². The number of esters is 2. The molecule has 0 radical (unpaired) electrons. The van der Waals surface area contributed by atoms with E-state index in [-0.39, 0.29) is 25.4 Å². The molecule has 1 N–H and O–H groups in total. The second kappa shape index (κ2) is 13.0. The van der Waals surface area contributed by atoms with Gasteiger partial charge in [0.1, 0.15) is 18.0 Å². The lowest BCUT2D eigenvalue weighted by molar-refractivity contribution is -0.145. The molecule has 0 spiro atoms. The van der Waals surface area contributed by atoms with Gasteiger partial charge in [-0.1, -0.05) is 60.7 Å². The van der Waals surface area contributed by atoms with Crippen molar-refractivity contribution >= 4 is 21.8 Å². The Bertz CT molecular complexity index is 939. The first-order valence-electron chi connectivity index (χ1n) is 10.2. The number of hydrogen-bond acceptors (Lipinski definition) is 7. The van der Waals surface area contributed by atoms with Crippen molar-refractivity contribution in [2.24, 2.45) is 0 Å². The summed E-state index contributed by atoms with van der Waals surface area (Å²) in [5.74, 6) is -1.84. The molecule has 8 heteroatoms. The minimum atomic E-state index is -3.70. The van der Waals surface area contributed by atoms with Crippen molar-refractivity contribution in [3.05, 3.63) is 71.8 Å². The van der Waals surface area contributed by atoms with Crippen LogP contribution in [0.1, 0.15) is 44.2 Å². The molecule has 0 amide bonds. The Morgan fingerprint density at radius 1 is 0.938 bits per heavy atom. The molecule has 1 unspecified atom stereocenters. The highest BCUT2D eigenvalue weighted by Crippen LogP contribution is 2.28. The zero-order valence-electron chi connectivity index (χ0n) is 19.0. The molecule has 0 fully saturated rings. The van der Waals surface area contributed by atoms with Gasteiger partial charge in [0.25, 0.3) is 0 Å². The topological polar surface area (TPSA) is 107 Å². The zero-order chi connectivity index (χ0) is 24.2. The number of aliphatic hydroxyl groups is 1. The third kappa shape index (κ3) is 8.80. The zero-order valence-corrected chi connectivity index (χ0v) is 19.8. The summed E-state index contributed by atoms with van der Waals surface area (Å²) < 4.78 is 35.1. The molecule has 2 rings (SSSR count). The van der Waals surface area contributed by atoms with Gasteiger partial charge in [0.15, 0.2) is 9.84 Å². The fraction of sp³-hybridized carbons (Fsp3) is 0.417. The van der Waals surface area contributed by atoms with Crippen LogP contribution in [0.3, 0.4) is 0 Å². The third-order valence-electron chi connectivity index (χ3n) is 4.81. The van der Waals surface area contributed by atoms with Crippen molar-refractivity contribution < 1.29 is 32.6 Å². The van der Waals surface area contributed by atoms with Gasteiger partial charge >= 0.3 is 11.9 Å². The molecule has 2 aromatic carbocycles. The van der Waals surface area contributed by atoms with Crippen molar-refractivity contribution in [1.82, 2.24) is 0 Å². The van der Waals surface area contributed by atoms with Crippen LogP contribution in [0, 0.1) is 0 Å². The molecule has 0 saturated heterocycles. The van der Waals surface area contributed by atoms with Gasteiger partial charge in [-0.15, -0.1) is 0 Å². The second-order valence-electron chi connectivity index (χ2n) is 7.78. The van der Waals surface area contributed by atoms with Crippen LogP contribution in [0.25, 0.3) is 0 Å². The first kappa shape index (κ1) is 27.3. The van der Waals surface area contributed by atoms with E-state index >= 15 is 0 Å². The molecule has 32 heavy (non-hydrogen) atoms. The van der Waals surface area contributed by atoms with Crippen LogP contribution < -0.4 is 0 Å². The summed E-state index contributed by atoms with van der Waals surface area (Å²) >= 11 is 0. The number of carbonyl (C=O) groups excluding carboxylic acids is 2. The molecule has 0 aliphatic carbocycles. The Balaban J connectivity index is 0.00000249. The highest BCUT2D eigenvalue weighted by Gasteiger charge is 2.38. The molecule has 0 heterocycles. The van der Waals surface area contributed by atoms with Gasteiger partial charge < -0.3 is 14.6 Å². The maximum Gasteiger partial charge on any atom is 0.306 e. The average molecular weight is 465 g/mol. The van der Waals surface area contributed by atoms with Crippen LogP contribution in [0.4, 0.5) is 0 Å². The molecular formula is C24H32O7S. The minimum absolute atomic E-state index is 0.0697. The van der Waals surface area contributed by atoms with E-state index in [2.05, 4.69) is 0 Å². The molecule has 0 aliphatic rings. The Kier molecular flexibility index (Phi) is 11.1. The number of carbonyl (C=O) groups is 2. The van der Waals surface area contributed by atoms with Gasteiger partial charge in [0, 0.05) is 20.0 Å². The van der Waals surface area contributed by atoms with E-state index in [1.807, 2.05) is 36.4 Å². The van der Waals surface area contributed by atoms with Crippen molar-refractivity contribution in [2.45, 2.75) is 44.5 Å². The predicted octanol–water partition coefficient (Wildman–Crippen LogP) is 3.27.